The van der Waals surface area contributed by atoms with Gasteiger partial charge in [0.25, 0.3) is 0 Å². The van der Waals surface area contributed by atoms with E-state index < -0.39 is 5.97 Å². The molecule has 2 aromatic heterocycles. The highest BCUT2D eigenvalue weighted by molar-refractivity contribution is 7.80. The van der Waals surface area contributed by atoms with E-state index in [-0.39, 0.29) is 5.01 Å². The number of aromatic nitrogens is 3. The zero-order valence-electron chi connectivity index (χ0n) is 12.1. The Morgan fingerprint density at radius 2 is 2.08 bits per heavy atom. The van der Waals surface area contributed by atoms with Crippen molar-refractivity contribution in [3.05, 3.63) is 47.6 Å². The molecule has 0 saturated carbocycles. The first-order valence-electron chi connectivity index (χ1n) is 6.96. The second kappa shape index (κ2) is 5.73. The van der Waals surface area contributed by atoms with Crippen LogP contribution in [0.4, 0.5) is 11.6 Å². The second-order valence-corrected chi connectivity index (χ2v) is 6.56. The number of hydrogen-bond donors (Lipinski definition) is 3. The maximum atomic E-state index is 11.1. The van der Waals surface area contributed by atoms with Crippen LogP contribution in [-0.2, 0) is 0 Å². The molecule has 0 amide bonds. The molecule has 0 saturated heterocycles. The van der Waals surface area contributed by atoms with Gasteiger partial charge in [0.2, 0.25) is 11.0 Å². The standard InChI is InChI=1S/C16H10N4O2S2/c21-15(22)14-19-11-5-4-8-7-17-16(20-12(8)13(11)24-14)18-9-2-1-3-10(23)6-9/h1-7,23H,(H,21,22)(H,17,18,20). The topological polar surface area (TPSA) is 88.0 Å². The molecule has 2 aromatic carbocycles. The smallest absolute Gasteiger partial charge is 0.365 e. The molecule has 4 rings (SSSR count). The Labute approximate surface area is 145 Å². The van der Waals surface area contributed by atoms with Crippen LogP contribution in [0.15, 0.2) is 47.5 Å². The Morgan fingerprint density at radius 3 is 2.88 bits per heavy atom. The van der Waals surface area contributed by atoms with Gasteiger partial charge < -0.3 is 10.4 Å². The number of thiol groups is 1. The number of nitrogens with zero attached hydrogens (tertiary/aromatic N) is 3. The minimum absolute atomic E-state index is 0.0494. The molecule has 8 heteroatoms. The fourth-order valence-corrected chi connectivity index (χ4v) is 3.47. The van der Waals surface area contributed by atoms with E-state index in [1.165, 1.54) is 0 Å². The van der Waals surface area contributed by atoms with Gasteiger partial charge in [-0.25, -0.2) is 19.7 Å². The van der Waals surface area contributed by atoms with Gasteiger partial charge in [-0.15, -0.1) is 24.0 Å². The number of benzene rings is 2. The fourth-order valence-electron chi connectivity index (χ4n) is 2.34. The first-order valence-corrected chi connectivity index (χ1v) is 8.22. The number of hydrogen-bond acceptors (Lipinski definition) is 7. The Balaban J connectivity index is 1.83. The molecule has 4 aromatic rings. The van der Waals surface area contributed by atoms with Gasteiger partial charge in [0.1, 0.15) is 0 Å². The van der Waals surface area contributed by atoms with Gasteiger partial charge in [-0.1, -0.05) is 6.07 Å². The summed E-state index contributed by atoms with van der Waals surface area (Å²) in [5, 5.41) is 13.1. The molecule has 0 bridgehead atoms. The first-order chi connectivity index (χ1) is 11.6. The van der Waals surface area contributed by atoms with Crippen molar-refractivity contribution >= 4 is 62.7 Å². The summed E-state index contributed by atoms with van der Waals surface area (Å²) in [7, 11) is 0. The van der Waals surface area contributed by atoms with Crippen LogP contribution in [0, 0.1) is 0 Å². The summed E-state index contributed by atoms with van der Waals surface area (Å²) in [5.74, 6) is -0.610. The van der Waals surface area contributed by atoms with E-state index >= 15 is 0 Å². The second-order valence-electron chi connectivity index (χ2n) is 5.04. The molecule has 118 valence electrons. The summed E-state index contributed by atoms with van der Waals surface area (Å²) >= 11 is 5.42. The molecular formula is C16H10N4O2S2. The van der Waals surface area contributed by atoms with Gasteiger partial charge in [-0.3, -0.25) is 0 Å². The average molecular weight is 354 g/mol. The van der Waals surface area contributed by atoms with Crippen LogP contribution >= 0.6 is 24.0 Å². The van der Waals surface area contributed by atoms with Crippen molar-refractivity contribution in [3.8, 4) is 0 Å². The number of rotatable bonds is 3. The lowest BCUT2D eigenvalue weighted by Gasteiger charge is -2.06. The molecular weight excluding hydrogens is 344 g/mol. The van der Waals surface area contributed by atoms with Crippen LogP contribution in [0.1, 0.15) is 9.80 Å². The van der Waals surface area contributed by atoms with Crippen LogP contribution in [-0.4, -0.2) is 26.0 Å². The summed E-state index contributed by atoms with van der Waals surface area (Å²) in [4.78, 5) is 24.9. The molecule has 2 heterocycles. The quantitative estimate of drug-likeness (QED) is 0.483. The van der Waals surface area contributed by atoms with E-state index in [0.717, 1.165) is 32.0 Å². The molecule has 0 aliphatic rings. The van der Waals surface area contributed by atoms with Crippen LogP contribution in [0.3, 0.4) is 0 Å². The summed E-state index contributed by atoms with van der Waals surface area (Å²) in [6.45, 7) is 0. The van der Waals surface area contributed by atoms with E-state index in [9.17, 15) is 4.79 Å². The maximum absolute atomic E-state index is 11.1. The maximum Gasteiger partial charge on any atom is 0.365 e. The van der Waals surface area contributed by atoms with Crippen molar-refractivity contribution in [2.45, 2.75) is 4.90 Å². The Bertz CT molecular complexity index is 1090. The number of fused-ring (bicyclic) bond motifs is 3. The zero-order valence-corrected chi connectivity index (χ0v) is 13.8. The highest BCUT2D eigenvalue weighted by Crippen LogP contribution is 2.30. The first kappa shape index (κ1) is 14.9. The highest BCUT2D eigenvalue weighted by Gasteiger charge is 2.14. The van der Waals surface area contributed by atoms with Crippen LogP contribution < -0.4 is 5.32 Å². The molecule has 0 radical (unpaired) electrons. The summed E-state index contributed by atoms with van der Waals surface area (Å²) < 4.78 is 0.735. The van der Waals surface area contributed by atoms with Gasteiger partial charge in [0.15, 0.2) is 0 Å². The molecule has 0 atom stereocenters. The van der Waals surface area contributed by atoms with Crippen molar-refractivity contribution in [2.24, 2.45) is 0 Å². The van der Waals surface area contributed by atoms with Crippen molar-refractivity contribution < 1.29 is 9.90 Å². The van der Waals surface area contributed by atoms with E-state index in [4.69, 9.17) is 5.11 Å². The van der Waals surface area contributed by atoms with Gasteiger partial charge in [0, 0.05) is 22.2 Å². The molecule has 6 nitrogen and oxygen atoms in total. The lowest BCUT2D eigenvalue weighted by atomic mass is 10.2. The normalized spacial score (nSPS) is 11.0. The number of aromatic carboxylic acids is 1. The Morgan fingerprint density at radius 1 is 1.21 bits per heavy atom. The number of carboxylic acids is 1. The molecule has 0 aliphatic heterocycles. The van der Waals surface area contributed by atoms with Gasteiger partial charge in [0.05, 0.1) is 15.7 Å². The SMILES string of the molecule is O=C(O)c1nc2ccc3cnc(Nc4cccc(S)c4)nc3c2s1. The van der Waals surface area contributed by atoms with Crippen LogP contribution in [0.25, 0.3) is 21.1 Å². The van der Waals surface area contributed by atoms with E-state index in [1.807, 2.05) is 30.3 Å². The monoisotopic (exact) mass is 354 g/mol. The number of carboxylic acid groups (broad SMARTS) is 1. The summed E-state index contributed by atoms with van der Waals surface area (Å²) in [6, 6.07) is 11.1. The Kier molecular flexibility index (Phi) is 3.55. The lowest BCUT2D eigenvalue weighted by Crippen LogP contribution is -1.97. The molecule has 2 N–H and O–H groups in total. The number of anilines is 2. The molecule has 0 unspecified atom stereocenters. The van der Waals surface area contributed by atoms with Crippen molar-refractivity contribution in [1.82, 2.24) is 15.0 Å². The van der Waals surface area contributed by atoms with E-state index in [1.54, 1.807) is 12.3 Å². The third-order valence-corrected chi connectivity index (χ3v) is 4.74. The van der Waals surface area contributed by atoms with Crippen LogP contribution in [0.2, 0.25) is 0 Å². The van der Waals surface area contributed by atoms with Gasteiger partial charge in [-0.2, -0.15) is 0 Å². The number of thiazole rings is 1. The highest BCUT2D eigenvalue weighted by atomic mass is 32.1. The van der Waals surface area contributed by atoms with Crippen molar-refractivity contribution in [1.29, 1.82) is 0 Å². The summed E-state index contributed by atoms with van der Waals surface area (Å²) in [5.41, 5.74) is 2.12. The van der Waals surface area contributed by atoms with Crippen molar-refractivity contribution in [3.63, 3.8) is 0 Å². The van der Waals surface area contributed by atoms with E-state index in [2.05, 4.69) is 32.9 Å². The van der Waals surface area contributed by atoms with Crippen molar-refractivity contribution in [2.75, 3.05) is 5.32 Å². The van der Waals surface area contributed by atoms with Crippen LogP contribution in [0.5, 0.6) is 0 Å². The van der Waals surface area contributed by atoms with E-state index in [0.29, 0.717) is 17.0 Å². The third kappa shape index (κ3) is 2.66. The largest absolute Gasteiger partial charge is 0.476 e. The zero-order chi connectivity index (χ0) is 16.7. The number of carbonyl (C=O) groups is 1. The van der Waals surface area contributed by atoms with Gasteiger partial charge >= 0.3 is 5.97 Å². The minimum Gasteiger partial charge on any atom is -0.476 e. The molecule has 0 aliphatic carbocycles. The molecule has 24 heavy (non-hydrogen) atoms. The molecule has 0 fully saturated rings. The summed E-state index contributed by atoms with van der Waals surface area (Å²) in [6.07, 6.45) is 1.70. The average Bonchev–Trinajstić information content (AvgIpc) is 3.00. The lowest BCUT2D eigenvalue weighted by molar-refractivity contribution is 0.0696. The fraction of sp³-hybridized carbons (Fsp3) is 0. The van der Waals surface area contributed by atoms with Gasteiger partial charge in [-0.05, 0) is 30.3 Å². The Hall–Kier alpha value is -2.71. The third-order valence-electron chi connectivity index (χ3n) is 3.39. The molecule has 0 spiro atoms. The number of nitrogens with one attached hydrogen (secondary N) is 1. The predicted molar refractivity (Wildman–Crippen MR) is 96.7 cm³/mol. The minimum atomic E-state index is -1.04. The predicted octanol–water partition coefficient (Wildman–Crippen LogP) is 3.97.